The van der Waals surface area contributed by atoms with Gasteiger partial charge in [-0.15, -0.1) is 0 Å². The number of amides is 2. The number of β-amino-alcohol motifs (C(OH)–C–C–N with tert-alkyl or cyclic N) is 1. The molecule has 6 heteroatoms. The number of rotatable bonds is 2. The fourth-order valence-corrected chi connectivity index (χ4v) is 1.46. The molecule has 2 amide bonds. The Labute approximate surface area is 76.1 Å². The zero-order valence-electron chi connectivity index (χ0n) is 7.43. The Bertz CT molecular complexity index is 187. The summed E-state index contributed by atoms with van der Waals surface area (Å²) >= 11 is 0. The van der Waals surface area contributed by atoms with E-state index in [1.807, 2.05) is 0 Å². The topological polar surface area (TPSA) is 82.0 Å². The number of hydrogen-bond acceptors (Lipinski definition) is 4. The summed E-state index contributed by atoms with van der Waals surface area (Å²) in [5.41, 5.74) is 2.14. The molecule has 0 aromatic rings. The number of hydroxylamine groups is 1. The summed E-state index contributed by atoms with van der Waals surface area (Å²) < 4.78 is 0. The highest BCUT2D eigenvalue weighted by Crippen LogP contribution is 2.16. The molecule has 0 spiro atoms. The molecule has 0 aromatic carbocycles. The lowest BCUT2D eigenvalue weighted by Crippen LogP contribution is -2.44. The van der Waals surface area contributed by atoms with Crippen molar-refractivity contribution in [1.29, 1.82) is 0 Å². The first-order valence-electron chi connectivity index (χ1n) is 4.07. The Morgan fingerprint density at radius 2 is 2.46 bits per heavy atom. The standard InChI is InChI=1S/C7H14N2O4/c1-13-8-7(12)9-3-6(11)2-5(9)4-10/h5-6,10-11H,2-4H2,1H3,(H,8,12)/t5-,6+/m0/s1. The predicted molar refractivity (Wildman–Crippen MR) is 43.7 cm³/mol. The van der Waals surface area contributed by atoms with Crippen molar-refractivity contribution in [2.24, 2.45) is 0 Å². The first kappa shape index (κ1) is 10.2. The summed E-state index contributed by atoms with van der Waals surface area (Å²) in [4.78, 5) is 17.0. The van der Waals surface area contributed by atoms with E-state index in [0.717, 1.165) is 0 Å². The first-order chi connectivity index (χ1) is 6.19. The van der Waals surface area contributed by atoms with Crippen LogP contribution in [0.1, 0.15) is 6.42 Å². The van der Waals surface area contributed by atoms with Gasteiger partial charge >= 0.3 is 6.03 Å². The van der Waals surface area contributed by atoms with Gasteiger partial charge in [-0.05, 0) is 6.42 Å². The fraction of sp³-hybridized carbons (Fsp3) is 0.857. The molecule has 0 bridgehead atoms. The van der Waals surface area contributed by atoms with Crippen molar-refractivity contribution < 1.29 is 19.8 Å². The average Bonchev–Trinajstić information content (AvgIpc) is 2.47. The van der Waals surface area contributed by atoms with Gasteiger partial charge in [0, 0.05) is 6.54 Å². The van der Waals surface area contributed by atoms with E-state index in [0.29, 0.717) is 6.42 Å². The van der Waals surface area contributed by atoms with Crippen molar-refractivity contribution in [3.63, 3.8) is 0 Å². The Hall–Kier alpha value is -0.850. The van der Waals surface area contributed by atoms with Crippen molar-refractivity contribution >= 4 is 6.03 Å². The van der Waals surface area contributed by atoms with E-state index >= 15 is 0 Å². The lowest BCUT2D eigenvalue weighted by atomic mass is 10.2. The second-order valence-corrected chi connectivity index (χ2v) is 2.99. The van der Waals surface area contributed by atoms with Crippen molar-refractivity contribution in [2.45, 2.75) is 18.6 Å². The summed E-state index contributed by atoms with van der Waals surface area (Å²) in [6.07, 6.45) is -0.145. The van der Waals surface area contributed by atoms with Gasteiger partial charge in [0.2, 0.25) is 0 Å². The summed E-state index contributed by atoms with van der Waals surface area (Å²) in [6, 6.07) is -0.747. The van der Waals surface area contributed by atoms with Crippen LogP contribution in [0.5, 0.6) is 0 Å². The molecule has 0 aromatic heterocycles. The summed E-state index contributed by atoms with van der Waals surface area (Å²) in [6.45, 7) is 0.0919. The normalized spacial score (nSPS) is 27.8. The number of aliphatic hydroxyl groups is 2. The van der Waals surface area contributed by atoms with Crippen LogP contribution < -0.4 is 5.48 Å². The molecule has 0 unspecified atom stereocenters. The maximum absolute atomic E-state index is 11.2. The molecule has 2 atom stereocenters. The number of carbonyl (C=O) groups is 1. The molecule has 76 valence electrons. The van der Waals surface area contributed by atoms with E-state index in [2.05, 4.69) is 10.3 Å². The van der Waals surface area contributed by atoms with E-state index in [1.165, 1.54) is 12.0 Å². The maximum Gasteiger partial charge on any atom is 0.341 e. The van der Waals surface area contributed by atoms with Crippen molar-refractivity contribution in [2.75, 3.05) is 20.3 Å². The van der Waals surface area contributed by atoms with Crippen LogP contribution in [0, 0.1) is 0 Å². The third-order valence-corrected chi connectivity index (χ3v) is 2.05. The molecule has 1 aliphatic rings. The van der Waals surface area contributed by atoms with Crippen LogP contribution in [-0.2, 0) is 4.84 Å². The van der Waals surface area contributed by atoms with Crippen LogP contribution in [0.4, 0.5) is 4.79 Å². The number of carbonyl (C=O) groups excluding carboxylic acids is 1. The quantitative estimate of drug-likeness (QED) is 0.472. The molecule has 1 saturated heterocycles. The molecule has 1 rings (SSSR count). The summed E-state index contributed by atoms with van der Waals surface area (Å²) in [7, 11) is 1.33. The molecular formula is C7H14N2O4. The molecule has 6 nitrogen and oxygen atoms in total. The minimum Gasteiger partial charge on any atom is -0.394 e. The minimum atomic E-state index is -0.556. The van der Waals surface area contributed by atoms with Gasteiger partial charge in [0.15, 0.2) is 0 Å². The number of likely N-dealkylation sites (tertiary alicyclic amines) is 1. The fourth-order valence-electron chi connectivity index (χ4n) is 1.46. The average molecular weight is 190 g/mol. The molecule has 1 aliphatic heterocycles. The van der Waals surface area contributed by atoms with E-state index in [4.69, 9.17) is 5.11 Å². The zero-order valence-corrected chi connectivity index (χ0v) is 7.43. The minimum absolute atomic E-state index is 0.145. The zero-order chi connectivity index (χ0) is 9.84. The van der Waals surface area contributed by atoms with E-state index in [-0.39, 0.29) is 19.2 Å². The Morgan fingerprint density at radius 3 is 3.00 bits per heavy atom. The van der Waals surface area contributed by atoms with Crippen LogP contribution in [0.3, 0.4) is 0 Å². The van der Waals surface area contributed by atoms with Crippen molar-refractivity contribution in [3.8, 4) is 0 Å². The molecule has 0 radical (unpaired) electrons. The lowest BCUT2D eigenvalue weighted by molar-refractivity contribution is 0.0762. The van der Waals surface area contributed by atoms with Crippen molar-refractivity contribution in [3.05, 3.63) is 0 Å². The molecule has 1 fully saturated rings. The van der Waals surface area contributed by atoms with Crippen LogP contribution in [0.2, 0.25) is 0 Å². The predicted octanol–water partition coefficient (Wildman–Crippen LogP) is -1.32. The highest BCUT2D eigenvalue weighted by Gasteiger charge is 2.33. The Morgan fingerprint density at radius 1 is 1.77 bits per heavy atom. The summed E-state index contributed by atoms with van der Waals surface area (Å²) in [5.74, 6) is 0. The number of nitrogens with one attached hydrogen (secondary N) is 1. The Kier molecular flexibility index (Phi) is 3.47. The van der Waals surface area contributed by atoms with Crippen LogP contribution in [-0.4, -0.2) is 53.6 Å². The van der Waals surface area contributed by atoms with E-state index in [1.54, 1.807) is 0 Å². The van der Waals surface area contributed by atoms with Crippen LogP contribution >= 0.6 is 0 Å². The van der Waals surface area contributed by atoms with Crippen LogP contribution in [0.25, 0.3) is 0 Å². The van der Waals surface area contributed by atoms with Gasteiger partial charge in [-0.2, -0.15) is 0 Å². The van der Waals surface area contributed by atoms with Gasteiger partial charge in [-0.1, -0.05) is 0 Å². The largest absolute Gasteiger partial charge is 0.394 e. The second kappa shape index (κ2) is 4.40. The van der Waals surface area contributed by atoms with E-state index in [9.17, 15) is 9.90 Å². The van der Waals surface area contributed by atoms with Crippen molar-refractivity contribution in [1.82, 2.24) is 10.4 Å². The van der Waals surface area contributed by atoms with Gasteiger partial charge in [-0.25, -0.2) is 10.3 Å². The Balaban J connectivity index is 2.52. The maximum atomic E-state index is 11.2. The molecule has 3 N–H and O–H groups in total. The lowest BCUT2D eigenvalue weighted by Gasteiger charge is -2.21. The smallest absolute Gasteiger partial charge is 0.341 e. The van der Waals surface area contributed by atoms with Gasteiger partial charge < -0.3 is 15.1 Å². The van der Waals surface area contributed by atoms with E-state index < -0.39 is 12.1 Å². The van der Waals surface area contributed by atoms with Gasteiger partial charge in [0.25, 0.3) is 0 Å². The SMILES string of the molecule is CONC(=O)N1C[C@H](O)C[C@H]1CO. The third-order valence-electron chi connectivity index (χ3n) is 2.05. The number of urea groups is 1. The molecule has 1 heterocycles. The van der Waals surface area contributed by atoms with Gasteiger partial charge in [-0.3, -0.25) is 4.84 Å². The number of aliphatic hydroxyl groups excluding tert-OH is 2. The van der Waals surface area contributed by atoms with Gasteiger partial charge in [0.1, 0.15) is 0 Å². The second-order valence-electron chi connectivity index (χ2n) is 2.99. The molecular weight excluding hydrogens is 176 g/mol. The highest BCUT2D eigenvalue weighted by atomic mass is 16.6. The highest BCUT2D eigenvalue weighted by molar-refractivity contribution is 5.73. The monoisotopic (exact) mass is 190 g/mol. The molecule has 0 aliphatic carbocycles. The number of nitrogens with zero attached hydrogens (tertiary/aromatic N) is 1. The first-order valence-corrected chi connectivity index (χ1v) is 4.07. The number of hydrogen-bond donors (Lipinski definition) is 3. The molecule has 0 saturated carbocycles. The summed E-state index contributed by atoms with van der Waals surface area (Å²) in [5, 5.41) is 18.1. The third kappa shape index (κ3) is 2.30. The molecule has 13 heavy (non-hydrogen) atoms. The van der Waals surface area contributed by atoms with Gasteiger partial charge in [0.05, 0.1) is 25.9 Å². The van der Waals surface area contributed by atoms with Crippen LogP contribution in [0.15, 0.2) is 0 Å².